The third kappa shape index (κ3) is 7.88. The Kier molecular flexibility index (Phi) is 10.2. The molecule has 1 aromatic rings. The lowest BCUT2D eigenvalue weighted by Gasteiger charge is -2.46. The molecule has 166 valence electrons. The molecule has 0 fully saturated rings. The first-order valence-electron chi connectivity index (χ1n) is 11.2. The number of carbonyl (C=O) groups excluding carboxylic acids is 1. The van der Waals surface area contributed by atoms with E-state index in [0.29, 0.717) is 29.0 Å². The Hall–Kier alpha value is -0.583. The third-order valence-electron chi connectivity index (χ3n) is 5.89. The van der Waals surface area contributed by atoms with Crippen LogP contribution in [0.5, 0.6) is 0 Å². The summed E-state index contributed by atoms with van der Waals surface area (Å²) in [6.07, 6.45) is 1.41. The zero-order valence-corrected chi connectivity index (χ0v) is 22.2. The minimum absolute atomic E-state index is 0.0311. The van der Waals surface area contributed by atoms with E-state index in [1.165, 1.54) is 17.3 Å². The maximum atomic E-state index is 12.9. The molecule has 0 unspecified atom stereocenters. The molecular weight excluding hydrogens is 392 g/mol. The summed E-state index contributed by atoms with van der Waals surface area (Å²) >= 11 is 1.46. The van der Waals surface area contributed by atoms with Gasteiger partial charge in [-0.15, -0.1) is 0 Å². The van der Waals surface area contributed by atoms with Crippen LogP contribution in [0.25, 0.3) is 0 Å². The highest BCUT2D eigenvalue weighted by Gasteiger charge is 2.47. The molecule has 0 saturated heterocycles. The van der Waals surface area contributed by atoms with Gasteiger partial charge in [0.15, 0.2) is 5.12 Å². The SMILES string of the molecule is CC(C)[Si](O[C@H](CC(=O)SC(C)(C)C)[C@H](C)Cc1ccccc1)(C(C)C)C(C)C. The summed E-state index contributed by atoms with van der Waals surface area (Å²) in [5.41, 5.74) is 2.85. The summed E-state index contributed by atoms with van der Waals surface area (Å²) in [6.45, 7) is 22.5. The molecule has 2 atom stereocenters. The van der Waals surface area contributed by atoms with Crippen molar-refractivity contribution in [3.05, 3.63) is 35.9 Å². The molecule has 0 spiro atoms. The van der Waals surface area contributed by atoms with Crippen LogP contribution in [0.3, 0.4) is 0 Å². The Morgan fingerprint density at radius 1 is 0.931 bits per heavy atom. The van der Waals surface area contributed by atoms with E-state index < -0.39 is 8.32 Å². The van der Waals surface area contributed by atoms with Crippen molar-refractivity contribution in [1.82, 2.24) is 0 Å². The third-order valence-corrected chi connectivity index (χ3v) is 13.0. The van der Waals surface area contributed by atoms with Crippen molar-refractivity contribution in [2.45, 2.75) is 110 Å². The second kappa shape index (κ2) is 11.2. The maximum Gasteiger partial charge on any atom is 0.200 e. The lowest BCUT2D eigenvalue weighted by atomic mass is 9.94. The zero-order chi connectivity index (χ0) is 22.4. The van der Waals surface area contributed by atoms with E-state index in [0.717, 1.165) is 6.42 Å². The summed E-state index contributed by atoms with van der Waals surface area (Å²) in [6, 6.07) is 10.6. The highest BCUT2D eigenvalue weighted by molar-refractivity contribution is 8.14. The maximum absolute atomic E-state index is 12.9. The van der Waals surface area contributed by atoms with E-state index in [4.69, 9.17) is 4.43 Å². The lowest BCUT2D eigenvalue weighted by Crippen LogP contribution is -2.51. The molecule has 0 saturated carbocycles. The zero-order valence-electron chi connectivity index (χ0n) is 20.4. The molecule has 0 amide bonds. The smallest absolute Gasteiger partial charge is 0.200 e. The van der Waals surface area contributed by atoms with Gasteiger partial charge in [-0.2, -0.15) is 0 Å². The van der Waals surface area contributed by atoms with Crippen LogP contribution in [0, 0.1) is 5.92 Å². The van der Waals surface area contributed by atoms with E-state index in [2.05, 4.69) is 99.6 Å². The quantitative estimate of drug-likeness (QED) is 0.349. The first kappa shape index (κ1) is 26.5. The molecule has 2 nitrogen and oxygen atoms in total. The summed E-state index contributed by atoms with van der Waals surface area (Å²) in [5, 5.41) is 0.251. The van der Waals surface area contributed by atoms with Gasteiger partial charge in [-0.3, -0.25) is 4.79 Å². The van der Waals surface area contributed by atoms with Crippen LogP contribution >= 0.6 is 11.8 Å². The summed E-state index contributed by atoms with van der Waals surface area (Å²) in [7, 11) is -2.06. The number of benzene rings is 1. The van der Waals surface area contributed by atoms with Gasteiger partial charge in [0.2, 0.25) is 8.32 Å². The fourth-order valence-electron chi connectivity index (χ4n) is 4.69. The Balaban J connectivity index is 3.18. The van der Waals surface area contributed by atoms with Crippen LogP contribution in [0.15, 0.2) is 30.3 Å². The number of thioether (sulfide) groups is 1. The first-order chi connectivity index (χ1) is 13.3. The Bertz CT molecular complexity index is 598. The van der Waals surface area contributed by atoms with Crippen molar-refractivity contribution in [3.8, 4) is 0 Å². The van der Waals surface area contributed by atoms with Gasteiger partial charge in [-0.05, 0) is 34.5 Å². The Morgan fingerprint density at radius 2 is 1.41 bits per heavy atom. The summed E-state index contributed by atoms with van der Waals surface area (Å²) < 4.78 is 7.08. The predicted molar refractivity (Wildman–Crippen MR) is 132 cm³/mol. The number of carbonyl (C=O) groups is 1. The molecule has 4 heteroatoms. The molecule has 0 aliphatic heterocycles. The predicted octanol–water partition coefficient (Wildman–Crippen LogP) is 7.87. The molecule has 0 N–H and O–H groups in total. The second-order valence-corrected chi connectivity index (χ2v) is 17.7. The van der Waals surface area contributed by atoms with Crippen LogP contribution in [0.1, 0.15) is 81.2 Å². The standard InChI is InChI=1S/C25H44O2SSi/c1-18(2)29(19(3)4,20(5)6)27-23(17-24(26)28-25(8,9)10)21(7)16-22-14-12-11-13-15-22/h11-15,18-21,23H,16-17H2,1-10H3/t21-,23-/m1/s1. The van der Waals surface area contributed by atoms with E-state index in [-0.39, 0.29) is 16.0 Å². The van der Waals surface area contributed by atoms with Crippen LogP contribution in [0.2, 0.25) is 16.6 Å². The monoisotopic (exact) mass is 436 g/mol. The van der Waals surface area contributed by atoms with Crippen LogP contribution in [-0.4, -0.2) is 24.3 Å². The van der Waals surface area contributed by atoms with Gasteiger partial charge in [0.05, 0.1) is 6.10 Å². The van der Waals surface area contributed by atoms with Gasteiger partial charge in [0, 0.05) is 11.2 Å². The summed E-state index contributed by atoms with van der Waals surface area (Å²) in [5.74, 6) is 0.296. The highest BCUT2D eigenvalue weighted by Crippen LogP contribution is 2.44. The van der Waals surface area contributed by atoms with Crippen LogP contribution in [0.4, 0.5) is 0 Å². The minimum atomic E-state index is -2.06. The fraction of sp³-hybridized carbons (Fsp3) is 0.720. The van der Waals surface area contributed by atoms with Gasteiger partial charge >= 0.3 is 0 Å². The Morgan fingerprint density at radius 3 is 1.83 bits per heavy atom. The number of hydrogen-bond acceptors (Lipinski definition) is 3. The van der Waals surface area contributed by atoms with E-state index in [9.17, 15) is 4.79 Å². The molecule has 0 aliphatic carbocycles. The first-order valence-corrected chi connectivity index (χ1v) is 14.2. The van der Waals surface area contributed by atoms with Gasteiger partial charge < -0.3 is 4.43 Å². The molecule has 0 bridgehead atoms. The van der Waals surface area contributed by atoms with Crippen molar-refractivity contribution < 1.29 is 9.22 Å². The van der Waals surface area contributed by atoms with Crippen molar-refractivity contribution in [3.63, 3.8) is 0 Å². The number of rotatable bonds is 10. The lowest BCUT2D eigenvalue weighted by molar-refractivity contribution is -0.113. The average Bonchev–Trinajstić information content (AvgIpc) is 2.56. The number of hydrogen-bond donors (Lipinski definition) is 0. The topological polar surface area (TPSA) is 26.3 Å². The van der Waals surface area contributed by atoms with E-state index in [1.54, 1.807) is 0 Å². The normalized spacial score (nSPS) is 15.2. The van der Waals surface area contributed by atoms with E-state index in [1.807, 2.05) is 0 Å². The van der Waals surface area contributed by atoms with Crippen molar-refractivity contribution >= 4 is 25.2 Å². The van der Waals surface area contributed by atoms with Gasteiger partial charge in [0.1, 0.15) is 0 Å². The largest absolute Gasteiger partial charge is 0.412 e. The minimum Gasteiger partial charge on any atom is -0.412 e. The van der Waals surface area contributed by atoms with Crippen molar-refractivity contribution in [2.24, 2.45) is 5.92 Å². The van der Waals surface area contributed by atoms with Crippen LogP contribution in [-0.2, 0) is 15.6 Å². The van der Waals surface area contributed by atoms with Gasteiger partial charge in [0.25, 0.3) is 0 Å². The molecule has 0 aliphatic rings. The second-order valence-electron chi connectivity index (χ2n) is 10.4. The van der Waals surface area contributed by atoms with Gasteiger partial charge in [-0.25, -0.2) is 0 Å². The average molecular weight is 437 g/mol. The highest BCUT2D eigenvalue weighted by atomic mass is 32.2. The molecule has 0 aromatic heterocycles. The van der Waals surface area contributed by atoms with Crippen molar-refractivity contribution in [1.29, 1.82) is 0 Å². The van der Waals surface area contributed by atoms with Crippen LogP contribution < -0.4 is 0 Å². The molecule has 0 radical (unpaired) electrons. The molecular formula is C25H44O2SSi. The van der Waals surface area contributed by atoms with Crippen molar-refractivity contribution in [2.75, 3.05) is 0 Å². The van der Waals surface area contributed by atoms with Gasteiger partial charge in [-0.1, -0.05) is 111 Å². The fourth-order valence-corrected chi connectivity index (χ4v) is 11.3. The Labute approximate surface area is 185 Å². The molecule has 29 heavy (non-hydrogen) atoms. The summed E-state index contributed by atoms with van der Waals surface area (Å²) in [4.78, 5) is 12.9. The molecule has 1 rings (SSSR count). The molecule has 1 aromatic carbocycles. The molecule has 0 heterocycles. The van der Waals surface area contributed by atoms with E-state index >= 15 is 0 Å².